The van der Waals surface area contributed by atoms with E-state index in [1.807, 2.05) is 0 Å². The number of halogens is 6. The largest absolute Gasteiger partial charge is 1.00 e. The van der Waals surface area contributed by atoms with Crippen molar-refractivity contribution in [2.24, 2.45) is 0 Å². The van der Waals surface area contributed by atoms with Crippen molar-refractivity contribution in [1.29, 1.82) is 0 Å². The Balaban J connectivity index is -0.0000000452. The van der Waals surface area contributed by atoms with Gasteiger partial charge in [-0.2, -0.15) is 0 Å². The molecule has 384 valence electrons. The average Bonchev–Trinajstić information content (AvgIpc) is 3.25. The van der Waals surface area contributed by atoms with Crippen molar-refractivity contribution in [2.45, 2.75) is 166 Å². The molecular weight excluding hydrogens is 775 g/mol. The molecule has 0 N–H and O–H groups in total. The van der Waals surface area contributed by atoms with E-state index in [1.165, 1.54) is 184 Å². The second-order valence-electron chi connectivity index (χ2n) is 15.6. The van der Waals surface area contributed by atoms with E-state index in [1.54, 1.807) is 0 Å². The van der Waals surface area contributed by atoms with Crippen LogP contribution in [0.4, 0.5) is 0 Å². The van der Waals surface area contributed by atoms with Crippen molar-refractivity contribution in [1.82, 2.24) is 0 Å². The number of hydrogen-bond donors (Lipinski definition) is 0. The fraction of sp³-hybridized carbons (Fsp3) is 1.00. The van der Waals surface area contributed by atoms with Gasteiger partial charge in [0.1, 0.15) is 0 Å². The smallest absolute Gasteiger partial charge is 0.0757 e. The summed E-state index contributed by atoms with van der Waals surface area (Å²) in [6.45, 7) is 85.3. The molecule has 0 aliphatic heterocycles. The molecule has 0 amide bonds. The Morgan fingerprint density at radius 3 is 0.150 bits per heavy atom. The van der Waals surface area contributed by atoms with Crippen molar-refractivity contribution >= 4 is 0 Å². The van der Waals surface area contributed by atoms with Crippen LogP contribution in [0, 0.1) is 0 Å². The molecule has 0 aromatic heterocycles. The zero-order valence-electron chi connectivity index (χ0n) is 45.9. The SMILES string of the molecule is CC[N+](CC)(CC)CC.CC[N+](CC)(CC)CC.CC[N+](CC)(CC)CC.CC[N+](CC)(CC)CC.CC[N+](CC)(CC)CC.CC[N+](CC)(CC)CC.[F-].[F-].[F-].[F-].[F-].[F-]. The molecule has 0 aromatic carbocycles. The first-order valence-electron chi connectivity index (χ1n) is 24.6. The Morgan fingerprint density at radius 1 is 0.117 bits per heavy atom. The van der Waals surface area contributed by atoms with Crippen molar-refractivity contribution in [3.8, 4) is 0 Å². The van der Waals surface area contributed by atoms with Gasteiger partial charge in [-0.3, -0.25) is 0 Å². The Kier molecular flexibility index (Phi) is 81.8. The lowest BCUT2D eigenvalue weighted by Gasteiger charge is -2.34. The van der Waals surface area contributed by atoms with Crippen LogP contribution in [0.3, 0.4) is 0 Å². The molecular formula is C48H120F6N6. The molecule has 0 fully saturated rings. The van der Waals surface area contributed by atoms with Crippen LogP contribution in [0.1, 0.15) is 166 Å². The summed E-state index contributed by atoms with van der Waals surface area (Å²) >= 11 is 0. The number of quaternary nitrogens is 6. The molecule has 0 aromatic rings. The van der Waals surface area contributed by atoms with Crippen LogP contribution in [-0.4, -0.2) is 184 Å². The van der Waals surface area contributed by atoms with Gasteiger partial charge in [0.25, 0.3) is 0 Å². The first-order valence-corrected chi connectivity index (χ1v) is 24.6. The zero-order valence-corrected chi connectivity index (χ0v) is 45.9. The Labute approximate surface area is 377 Å². The lowest BCUT2D eigenvalue weighted by atomic mass is 10.3. The van der Waals surface area contributed by atoms with Crippen LogP contribution >= 0.6 is 0 Å². The van der Waals surface area contributed by atoms with Crippen molar-refractivity contribution in [3.63, 3.8) is 0 Å². The highest BCUT2D eigenvalue weighted by atomic mass is 19.0. The molecule has 12 heteroatoms. The summed E-state index contributed by atoms with van der Waals surface area (Å²) in [5, 5.41) is 0. The van der Waals surface area contributed by atoms with E-state index in [2.05, 4.69) is 166 Å². The average molecular weight is 896 g/mol. The van der Waals surface area contributed by atoms with E-state index in [-0.39, 0.29) is 28.2 Å². The third-order valence-corrected chi connectivity index (χ3v) is 16.1. The molecule has 0 saturated heterocycles. The minimum atomic E-state index is 0. The lowest BCUT2D eigenvalue weighted by molar-refractivity contribution is -0.921. The topological polar surface area (TPSA) is 0 Å². The first kappa shape index (κ1) is 90.1. The van der Waals surface area contributed by atoms with Crippen LogP contribution in [-0.2, 0) is 0 Å². The fourth-order valence-electron chi connectivity index (χ4n) is 8.05. The first-order chi connectivity index (χ1) is 25.5. The van der Waals surface area contributed by atoms with Crippen LogP contribution in [0.2, 0.25) is 0 Å². The van der Waals surface area contributed by atoms with Crippen LogP contribution in [0.5, 0.6) is 0 Å². The third-order valence-electron chi connectivity index (χ3n) is 16.1. The summed E-state index contributed by atoms with van der Waals surface area (Å²) in [4.78, 5) is 0. The summed E-state index contributed by atoms with van der Waals surface area (Å²) in [5.41, 5.74) is 0. The summed E-state index contributed by atoms with van der Waals surface area (Å²) in [6, 6.07) is 0. The van der Waals surface area contributed by atoms with Gasteiger partial charge in [-0.15, -0.1) is 0 Å². The van der Waals surface area contributed by atoms with E-state index in [0.717, 1.165) is 0 Å². The van der Waals surface area contributed by atoms with Crippen LogP contribution in [0.25, 0.3) is 0 Å². The van der Waals surface area contributed by atoms with Gasteiger partial charge in [0.15, 0.2) is 0 Å². The summed E-state index contributed by atoms with van der Waals surface area (Å²) < 4.78 is 7.67. The van der Waals surface area contributed by atoms with Gasteiger partial charge >= 0.3 is 0 Å². The molecule has 0 unspecified atom stereocenters. The van der Waals surface area contributed by atoms with Crippen molar-refractivity contribution in [3.05, 3.63) is 0 Å². The number of nitrogens with zero attached hydrogens (tertiary/aromatic N) is 6. The van der Waals surface area contributed by atoms with E-state index < -0.39 is 0 Å². The lowest BCUT2D eigenvalue weighted by Crippen LogP contribution is -3.00. The zero-order chi connectivity index (χ0) is 44.0. The van der Waals surface area contributed by atoms with E-state index in [0.29, 0.717) is 0 Å². The minimum absolute atomic E-state index is 0. The molecule has 0 radical (unpaired) electrons. The summed E-state index contributed by atoms with van der Waals surface area (Å²) in [7, 11) is 0. The maximum Gasteiger partial charge on any atom is 0.0757 e. The maximum atomic E-state index is 2.27. The van der Waals surface area contributed by atoms with Crippen molar-refractivity contribution in [2.75, 3.05) is 157 Å². The second-order valence-corrected chi connectivity index (χ2v) is 15.6. The van der Waals surface area contributed by atoms with E-state index in [4.69, 9.17) is 0 Å². The highest BCUT2D eigenvalue weighted by Crippen LogP contribution is 2.07. The monoisotopic (exact) mass is 895 g/mol. The van der Waals surface area contributed by atoms with Gasteiger partial charge in [0, 0.05) is 0 Å². The standard InChI is InChI=1S/6C8H20N.6FH/c6*1-5-9(6-2,7-3)8-4;;;;;;/h6*5-8H2,1-4H3;6*1H/q6*+1;;;;;;/p-6. The molecule has 0 aliphatic carbocycles. The van der Waals surface area contributed by atoms with Gasteiger partial charge in [0.2, 0.25) is 0 Å². The highest BCUT2D eigenvalue weighted by molar-refractivity contribution is 4.35. The molecule has 0 heterocycles. The minimum Gasteiger partial charge on any atom is -1.00 e. The summed E-state index contributed by atoms with van der Waals surface area (Å²) in [6.07, 6.45) is 0. The third kappa shape index (κ3) is 35.8. The molecule has 0 spiro atoms. The Morgan fingerprint density at radius 2 is 0.150 bits per heavy atom. The van der Waals surface area contributed by atoms with Gasteiger partial charge < -0.3 is 55.1 Å². The number of hydrogen-bond acceptors (Lipinski definition) is 0. The van der Waals surface area contributed by atoms with Crippen molar-refractivity contribution < 1.29 is 55.1 Å². The van der Waals surface area contributed by atoms with Crippen LogP contribution in [0.15, 0.2) is 0 Å². The van der Waals surface area contributed by atoms with Gasteiger partial charge in [-0.1, -0.05) is 0 Å². The van der Waals surface area contributed by atoms with E-state index >= 15 is 0 Å². The van der Waals surface area contributed by atoms with Gasteiger partial charge in [0.05, 0.1) is 157 Å². The maximum absolute atomic E-state index is 2.27. The van der Waals surface area contributed by atoms with Gasteiger partial charge in [-0.25, -0.2) is 0 Å². The predicted octanol–water partition coefficient (Wildman–Crippen LogP) is -6.68. The quantitative estimate of drug-likeness (QED) is 0.0670. The molecule has 0 rings (SSSR count). The number of rotatable bonds is 24. The van der Waals surface area contributed by atoms with E-state index in [9.17, 15) is 0 Å². The molecule has 6 nitrogen and oxygen atoms in total. The summed E-state index contributed by atoms with van der Waals surface area (Å²) in [5.74, 6) is 0. The molecule has 0 bridgehead atoms. The molecule has 60 heavy (non-hydrogen) atoms. The Hall–Kier alpha value is -0.660. The normalized spacial score (nSPS) is 10.8. The van der Waals surface area contributed by atoms with Crippen LogP contribution < -0.4 is 28.2 Å². The molecule has 0 aliphatic rings. The molecule has 0 atom stereocenters. The van der Waals surface area contributed by atoms with Gasteiger partial charge in [-0.05, 0) is 166 Å². The Bertz CT molecular complexity index is 468. The fourth-order valence-corrected chi connectivity index (χ4v) is 8.05. The second kappa shape index (κ2) is 54.5. The predicted molar refractivity (Wildman–Crippen MR) is 255 cm³/mol. The highest BCUT2D eigenvalue weighted by Gasteiger charge is 2.19. The molecule has 0 saturated carbocycles.